The Morgan fingerprint density at radius 2 is 1.87 bits per heavy atom. The second kappa shape index (κ2) is 14.0. The second-order valence-corrected chi connectivity index (χ2v) is 19.0. The van der Waals surface area contributed by atoms with Gasteiger partial charge in [-0.3, -0.25) is 29.1 Å². The van der Waals surface area contributed by atoms with E-state index in [0.717, 1.165) is 27.6 Å². The Balaban J connectivity index is 1.26. The summed E-state index contributed by atoms with van der Waals surface area (Å²) in [6, 6.07) is 7.52. The van der Waals surface area contributed by atoms with E-state index in [0.29, 0.717) is 88.9 Å². The van der Waals surface area contributed by atoms with Crippen molar-refractivity contribution in [3.8, 4) is 6.07 Å². The number of esters is 3. The molecule has 14 nitrogen and oxygen atoms in total. The summed E-state index contributed by atoms with van der Waals surface area (Å²) >= 11 is 0. The summed E-state index contributed by atoms with van der Waals surface area (Å²) in [5.41, 5.74) is -2.60. The standard InChI is InChI=1S/C47H54BN4O10/c1-7-42(57)21-29-22-44(40(55)59-5,37-30(12-16-50(24-29)25-42)31-18-28(23-49)10-11-34(31)48-37)33-19-32-35(20-36(33)58-4)52(26-53)47-45(32)14-17-51-15-9-13-43(8-2,38(45)51)39(61-27(3)54)46(47,62-47)41(56)60-6/h9-11,13,18-20,26,29,33,36,38-39,57H,7-8,12,14-17,21-22,24-25H2,1-6H3/t29-,33?,36?,38+,39-,42+,43-,44+,45-,46+,47+/m1/s1. The number of fused-ring (bicyclic) bond motifs is 5. The number of carbonyl (C=O) groups is 4. The Morgan fingerprint density at radius 3 is 2.55 bits per heavy atom. The van der Waals surface area contributed by atoms with E-state index < -0.39 is 75.2 Å². The van der Waals surface area contributed by atoms with Gasteiger partial charge in [0.1, 0.15) is 0 Å². The number of carbonyl (C=O) groups excluding carboxylic acids is 4. The first kappa shape index (κ1) is 41.4. The van der Waals surface area contributed by atoms with Crippen LogP contribution in [0.1, 0.15) is 70.4 Å². The zero-order chi connectivity index (χ0) is 43.8. The zero-order valence-electron chi connectivity index (χ0n) is 36.3. The van der Waals surface area contributed by atoms with E-state index in [1.54, 1.807) is 13.2 Å². The third-order valence-electron chi connectivity index (χ3n) is 16.7. The van der Waals surface area contributed by atoms with E-state index >= 15 is 4.79 Å². The number of likely N-dealkylation sites (tertiary alicyclic amines) is 1. The summed E-state index contributed by atoms with van der Waals surface area (Å²) in [7, 11) is 6.36. The molecule has 9 aliphatic rings. The van der Waals surface area contributed by atoms with Crippen molar-refractivity contribution in [2.75, 3.05) is 54.1 Å². The average Bonchev–Trinajstić information content (AvgIpc) is 3.50. The van der Waals surface area contributed by atoms with Crippen LogP contribution >= 0.6 is 0 Å². The molecule has 1 aromatic rings. The Labute approximate surface area is 362 Å². The molecule has 1 N–H and O–H groups in total. The van der Waals surface area contributed by atoms with E-state index in [1.165, 1.54) is 26.0 Å². The minimum absolute atomic E-state index is 0.136. The van der Waals surface area contributed by atoms with Gasteiger partial charge in [-0.15, -0.1) is 0 Å². The highest BCUT2D eigenvalue weighted by molar-refractivity contribution is 6.67. The number of hydrogen-bond donors (Lipinski definition) is 1. The summed E-state index contributed by atoms with van der Waals surface area (Å²) in [4.78, 5) is 63.2. The molecular weight excluding hydrogens is 791 g/mol. The third kappa shape index (κ3) is 4.88. The van der Waals surface area contributed by atoms with Crippen LogP contribution in [0.4, 0.5) is 0 Å². The van der Waals surface area contributed by atoms with Crippen LogP contribution in [0.25, 0.3) is 5.57 Å². The molecule has 1 amide bonds. The van der Waals surface area contributed by atoms with Crippen molar-refractivity contribution < 1.29 is 48.0 Å². The molecule has 7 aliphatic heterocycles. The number of allylic oxidation sites excluding steroid dienone is 1. The number of rotatable bonds is 8. The number of epoxide rings is 1. The summed E-state index contributed by atoms with van der Waals surface area (Å²) in [5, 5.41) is 22.1. The topological polar surface area (TPSA) is 171 Å². The molecule has 3 unspecified atom stereocenters. The fourth-order valence-electron chi connectivity index (χ4n) is 14.5. The summed E-state index contributed by atoms with van der Waals surface area (Å²) in [5.74, 6) is -2.64. The third-order valence-corrected chi connectivity index (χ3v) is 16.7. The van der Waals surface area contributed by atoms with Gasteiger partial charge in [0.25, 0.3) is 5.60 Å². The maximum atomic E-state index is 15.5. The van der Waals surface area contributed by atoms with Crippen molar-refractivity contribution in [1.82, 2.24) is 14.7 Å². The lowest BCUT2D eigenvalue weighted by atomic mass is 9.47. The average molecular weight is 846 g/mol. The maximum Gasteiger partial charge on any atom is 0.347 e. The van der Waals surface area contributed by atoms with Crippen LogP contribution in [0.15, 0.2) is 59.2 Å². The molecule has 15 heteroatoms. The number of nitrogens with zero attached hydrogens (tertiary/aromatic N) is 4. The zero-order valence-corrected chi connectivity index (χ0v) is 36.3. The summed E-state index contributed by atoms with van der Waals surface area (Å²) < 4.78 is 31.3. The van der Waals surface area contributed by atoms with Crippen molar-refractivity contribution in [1.29, 1.82) is 5.26 Å². The van der Waals surface area contributed by atoms with Gasteiger partial charge in [0.15, 0.2) is 13.4 Å². The fraction of sp³-hybridized carbons (Fsp3) is 0.596. The van der Waals surface area contributed by atoms with Gasteiger partial charge in [0, 0.05) is 63.3 Å². The van der Waals surface area contributed by atoms with Gasteiger partial charge < -0.3 is 28.8 Å². The van der Waals surface area contributed by atoms with Crippen LogP contribution in [0.3, 0.4) is 0 Å². The molecule has 325 valence electrons. The number of benzene rings is 1. The van der Waals surface area contributed by atoms with E-state index in [2.05, 4.69) is 41.4 Å². The van der Waals surface area contributed by atoms with Gasteiger partial charge in [-0.25, -0.2) is 4.79 Å². The Kier molecular flexibility index (Phi) is 9.33. The van der Waals surface area contributed by atoms with E-state index in [4.69, 9.17) is 23.7 Å². The normalized spacial score (nSPS) is 41.7. The number of ether oxygens (including phenoxy) is 5. The molecule has 1 aromatic carbocycles. The van der Waals surface area contributed by atoms with Gasteiger partial charge in [-0.05, 0) is 85.9 Å². The van der Waals surface area contributed by atoms with Crippen molar-refractivity contribution >= 4 is 42.6 Å². The minimum atomic E-state index is -1.89. The van der Waals surface area contributed by atoms with E-state index in [9.17, 15) is 24.8 Å². The Hall–Kier alpha value is -4.59. The largest absolute Gasteiger partial charge is 0.468 e. The highest BCUT2D eigenvalue weighted by Crippen LogP contribution is 2.82. The van der Waals surface area contributed by atoms with Crippen LogP contribution in [0.5, 0.6) is 0 Å². The number of nitriles is 1. The van der Waals surface area contributed by atoms with Crippen molar-refractivity contribution in [3.63, 3.8) is 0 Å². The van der Waals surface area contributed by atoms with Crippen LogP contribution in [0, 0.1) is 39.4 Å². The van der Waals surface area contributed by atoms with Crippen molar-refractivity contribution in [2.24, 2.45) is 28.1 Å². The molecule has 10 rings (SSSR count). The van der Waals surface area contributed by atoms with Crippen LogP contribution < -0.4 is 5.46 Å². The molecular formula is C47H54BN4O10. The Bertz CT molecular complexity index is 2360. The maximum absolute atomic E-state index is 15.5. The SMILES string of the molecule is CC[C@]1(O)C[C@H]2CN(CCC3=C([B]c4ccc(C#N)cc43)[C@@](C(=O)OC)(C3C=C4C(=CC3OC)N(C=O)[C@@]35O[C@]3(C(=O)OC)[C@H](OC(C)=O)[C@]3(CC)C=CCN6CC[C@]45[C@@H]63)C2)C1. The van der Waals surface area contributed by atoms with E-state index in [-0.39, 0.29) is 5.92 Å². The summed E-state index contributed by atoms with van der Waals surface area (Å²) in [6.07, 6.45) is 9.78. The number of aliphatic hydroxyl groups is 1. The number of piperidine rings is 1. The molecule has 7 heterocycles. The predicted octanol–water partition coefficient (Wildman–Crippen LogP) is 2.57. The molecule has 1 radical (unpaired) electrons. The molecule has 12 atom stereocenters. The van der Waals surface area contributed by atoms with E-state index in [1.807, 2.05) is 32.1 Å². The minimum Gasteiger partial charge on any atom is -0.468 e. The van der Waals surface area contributed by atoms with Gasteiger partial charge in [-0.2, -0.15) is 5.26 Å². The van der Waals surface area contributed by atoms with Gasteiger partial charge in [-0.1, -0.05) is 49.1 Å². The first-order valence-electron chi connectivity index (χ1n) is 22.0. The van der Waals surface area contributed by atoms with Crippen molar-refractivity contribution in [3.05, 3.63) is 70.4 Å². The number of amides is 1. The molecule has 0 aromatic heterocycles. The lowest BCUT2D eigenvalue weighted by molar-refractivity contribution is -0.183. The lowest BCUT2D eigenvalue weighted by Gasteiger charge is -2.58. The van der Waals surface area contributed by atoms with Crippen LogP contribution in [0.2, 0.25) is 0 Å². The highest BCUT2D eigenvalue weighted by atomic mass is 16.7. The highest BCUT2D eigenvalue weighted by Gasteiger charge is 3.00. The fourth-order valence-corrected chi connectivity index (χ4v) is 14.5. The Morgan fingerprint density at radius 1 is 1.08 bits per heavy atom. The monoisotopic (exact) mass is 845 g/mol. The van der Waals surface area contributed by atoms with Gasteiger partial charge in [0.05, 0.1) is 48.4 Å². The molecule has 2 spiro atoms. The molecule has 4 saturated heterocycles. The number of methoxy groups -OCH3 is 3. The summed E-state index contributed by atoms with van der Waals surface area (Å²) in [6.45, 7) is 8.34. The molecule has 2 bridgehead atoms. The van der Waals surface area contributed by atoms with Gasteiger partial charge in [0.2, 0.25) is 12.1 Å². The second-order valence-electron chi connectivity index (χ2n) is 19.0. The molecule has 62 heavy (non-hydrogen) atoms. The molecule has 1 saturated carbocycles. The van der Waals surface area contributed by atoms with Crippen molar-refractivity contribution in [2.45, 2.75) is 94.5 Å². The quantitative estimate of drug-likeness (QED) is 0.101. The first-order chi connectivity index (χ1) is 29.8. The predicted molar refractivity (Wildman–Crippen MR) is 224 cm³/mol. The molecule has 5 fully saturated rings. The lowest BCUT2D eigenvalue weighted by Crippen LogP contribution is -2.73. The first-order valence-corrected chi connectivity index (χ1v) is 22.0. The van der Waals surface area contributed by atoms with Crippen LogP contribution in [-0.4, -0.2) is 141 Å². The number of hydrogen-bond acceptors (Lipinski definition) is 13. The molecule has 2 aliphatic carbocycles. The van der Waals surface area contributed by atoms with Crippen LogP contribution in [-0.2, 0) is 42.9 Å². The van der Waals surface area contributed by atoms with Gasteiger partial charge >= 0.3 is 17.9 Å². The smallest absolute Gasteiger partial charge is 0.347 e.